The maximum Gasteiger partial charge on any atom is 0.217 e. The van der Waals surface area contributed by atoms with E-state index >= 15 is 0 Å². The average Bonchev–Trinajstić information content (AvgIpc) is 2.26. The molecule has 1 rings (SSSR count). The van der Waals surface area contributed by atoms with Crippen LogP contribution >= 0.6 is 12.2 Å². The van der Waals surface area contributed by atoms with E-state index in [9.17, 15) is 4.79 Å². The van der Waals surface area contributed by atoms with Crippen molar-refractivity contribution in [3.63, 3.8) is 0 Å². The molecule has 0 bridgehead atoms. The first kappa shape index (κ1) is 15.4. The number of thiocarbonyl (C=S) groups is 1. The monoisotopic (exact) mass is 280 g/mol. The Hall–Kier alpha value is -1.69. The second-order valence-corrected chi connectivity index (χ2v) is 4.93. The molecule has 0 spiro atoms. The Kier molecular flexibility index (Phi) is 5.69. The summed E-state index contributed by atoms with van der Waals surface area (Å²) < 4.78 is 0. The number of anilines is 1. The van der Waals surface area contributed by atoms with Crippen LogP contribution in [0.15, 0.2) is 6.07 Å². The van der Waals surface area contributed by atoms with Crippen LogP contribution in [-0.2, 0) is 4.79 Å². The number of amides is 1. The first-order valence-electron chi connectivity index (χ1n) is 6.22. The Bertz CT molecular complexity index is 488. The maximum absolute atomic E-state index is 10.6. The molecule has 0 fully saturated rings. The Balaban J connectivity index is 2.67. The molecule has 0 aromatic carbocycles. The highest BCUT2D eigenvalue weighted by molar-refractivity contribution is 7.80. The number of aromatic nitrogens is 1. The highest BCUT2D eigenvalue weighted by atomic mass is 32.1. The highest BCUT2D eigenvalue weighted by Gasteiger charge is 2.10. The predicted molar refractivity (Wildman–Crippen MR) is 81.1 cm³/mol. The lowest BCUT2D eigenvalue weighted by atomic mass is 10.1. The maximum atomic E-state index is 10.6. The summed E-state index contributed by atoms with van der Waals surface area (Å²) in [4.78, 5) is 15.3. The standard InChI is InChI=1S/C13H20N4OS/c1-8-7-10(12(13(15)19)9(2)17-8)16-6-4-3-5-11(14)18/h7H,3-6H2,1-2H3,(H2,14,18)(H2,15,19)(H,16,17). The molecule has 0 aliphatic rings. The van der Waals surface area contributed by atoms with Crippen molar-refractivity contribution in [2.75, 3.05) is 11.9 Å². The Morgan fingerprint density at radius 1 is 1.37 bits per heavy atom. The summed E-state index contributed by atoms with van der Waals surface area (Å²) in [5.41, 5.74) is 14.2. The molecule has 1 aromatic heterocycles. The van der Waals surface area contributed by atoms with E-state index in [0.717, 1.165) is 42.0 Å². The van der Waals surface area contributed by atoms with Crippen molar-refractivity contribution in [2.45, 2.75) is 33.1 Å². The molecule has 1 amide bonds. The largest absolute Gasteiger partial charge is 0.389 e. The fourth-order valence-corrected chi connectivity index (χ4v) is 2.18. The molecule has 5 nitrogen and oxygen atoms in total. The van der Waals surface area contributed by atoms with E-state index in [-0.39, 0.29) is 5.91 Å². The van der Waals surface area contributed by atoms with Crippen molar-refractivity contribution < 1.29 is 4.79 Å². The lowest BCUT2D eigenvalue weighted by molar-refractivity contribution is -0.118. The number of unbranched alkanes of at least 4 members (excludes halogenated alkanes) is 1. The topological polar surface area (TPSA) is 94.0 Å². The summed E-state index contributed by atoms with van der Waals surface area (Å²) in [6.45, 7) is 4.56. The molecule has 1 heterocycles. The molecule has 19 heavy (non-hydrogen) atoms. The highest BCUT2D eigenvalue weighted by Crippen LogP contribution is 2.19. The van der Waals surface area contributed by atoms with Gasteiger partial charge in [-0.1, -0.05) is 12.2 Å². The van der Waals surface area contributed by atoms with E-state index in [1.54, 1.807) is 0 Å². The normalized spacial score (nSPS) is 10.2. The van der Waals surface area contributed by atoms with Crippen LogP contribution < -0.4 is 16.8 Å². The average molecular weight is 280 g/mol. The molecular formula is C13H20N4OS. The number of hydrogen-bond donors (Lipinski definition) is 3. The van der Waals surface area contributed by atoms with Crippen molar-refractivity contribution in [2.24, 2.45) is 11.5 Å². The van der Waals surface area contributed by atoms with Crippen LogP contribution in [0.4, 0.5) is 5.69 Å². The third kappa shape index (κ3) is 4.82. The van der Waals surface area contributed by atoms with Crippen molar-refractivity contribution in [3.8, 4) is 0 Å². The number of rotatable bonds is 7. The van der Waals surface area contributed by atoms with Crippen LogP contribution in [0.1, 0.15) is 36.2 Å². The van der Waals surface area contributed by atoms with Crippen LogP contribution in [0.3, 0.4) is 0 Å². The van der Waals surface area contributed by atoms with E-state index in [1.165, 1.54) is 0 Å². The van der Waals surface area contributed by atoms with Crippen LogP contribution in [0.2, 0.25) is 0 Å². The molecule has 0 atom stereocenters. The minimum atomic E-state index is -0.264. The Morgan fingerprint density at radius 3 is 2.63 bits per heavy atom. The third-order valence-corrected chi connectivity index (χ3v) is 2.94. The molecule has 0 unspecified atom stereocenters. The summed E-state index contributed by atoms with van der Waals surface area (Å²) in [5.74, 6) is -0.264. The number of hydrogen-bond acceptors (Lipinski definition) is 4. The number of nitrogens with zero attached hydrogens (tertiary/aromatic N) is 1. The first-order chi connectivity index (χ1) is 8.91. The number of aryl methyl sites for hydroxylation is 2. The van der Waals surface area contributed by atoms with E-state index < -0.39 is 0 Å². The number of primary amides is 1. The Labute approximate surface area is 118 Å². The molecule has 0 aliphatic heterocycles. The summed E-state index contributed by atoms with van der Waals surface area (Å²) in [7, 11) is 0. The van der Waals surface area contributed by atoms with E-state index in [0.29, 0.717) is 11.4 Å². The fraction of sp³-hybridized carbons (Fsp3) is 0.462. The Morgan fingerprint density at radius 2 is 2.05 bits per heavy atom. The molecule has 0 saturated carbocycles. The zero-order valence-corrected chi connectivity index (χ0v) is 12.1. The van der Waals surface area contributed by atoms with E-state index in [2.05, 4.69) is 10.3 Å². The van der Waals surface area contributed by atoms with Gasteiger partial charge in [-0.05, 0) is 32.8 Å². The van der Waals surface area contributed by atoms with E-state index in [1.807, 2.05) is 19.9 Å². The van der Waals surface area contributed by atoms with Gasteiger partial charge in [-0.3, -0.25) is 9.78 Å². The zero-order chi connectivity index (χ0) is 14.4. The van der Waals surface area contributed by atoms with Gasteiger partial charge >= 0.3 is 0 Å². The van der Waals surface area contributed by atoms with Gasteiger partial charge in [-0.2, -0.15) is 0 Å². The van der Waals surface area contributed by atoms with Gasteiger partial charge in [-0.15, -0.1) is 0 Å². The fourth-order valence-electron chi connectivity index (χ4n) is 1.93. The number of nitrogens with one attached hydrogen (secondary N) is 1. The predicted octanol–water partition coefficient (Wildman–Crippen LogP) is 1.40. The van der Waals surface area contributed by atoms with Gasteiger partial charge in [0.1, 0.15) is 4.99 Å². The molecule has 5 N–H and O–H groups in total. The SMILES string of the molecule is Cc1cc(NCCCCC(N)=O)c(C(N)=S)c(C)n1. The molecule has 1 aromatic rings. The molecule has 0 aliphatic carbocycles. The van der Waals surface area contributed by atoms with Crippen LogP contribution in [0.25, 0.3) is 0 Å². The lowest BCUT2D eigenvalue weighted by Gasteiger charge is -2.14. The number of pyridine rings is 1. The molecule has 0 saturated heterocycles. The molecule has 0 radical (unpaired) electrons. The van der Waals surface area contributed by atoms with Gasteiger partial charge < -0.3 is 16.8 Å². The van der Waals surface area contributed by atoms with Gasteiger partial charge in [0.2, 0.25) is 5.91 Å². The van der Waals surface area contributed by atoms with Gasteiger partial charge in [-0.25, -0.2) is 0 Å². The van der Waals surface area contributed by atoms with Crippen LogP contribution in [0.5, 0.6) is 0 Å². The molecular weight excluding hydrogens is 260 g/mol. The van der Waals surface area contributed by atoms with Crippen molar-refractivity contribution >= 4 is 28.8 Å². The van der Waals surface area contributed by atoms with Gasteiger partial charge in [0.25, 0.3) is 0 Å². The summed E-state index contributed by atoms with van der Waals surface area (Å²) in [6.07, 6.45) is 2.05. The van der Waals surface area contributed by atoms with Crippen LogP contribution in [-0.4, -0.2) is 22.4 Å². The minimum Gasteiger partial charge on any atom is -0.389 e. The second kappa shape index (κ2) is 7.04. The van der Waals surface area contributed by atoms with E-state index in [4.69, 9.17) is 23.7 Å². The number of carbonyl (C=O) groups excluding carboxylic acids is 1. The molecule has 6 heteroatoms. The first-order valence-corrected chi connectivity index (χ1v) is 6.63. The number of carbonyl (C=O) groups is 1. The van der Waals surface area contributed by atoms with Gasteiger partial charge in [0, 0.05) is 30.0 Å². The number of nitrogens with two attached hydrogens (primary N) is 2. The lowest BCUT2D eigenvalue weighted by Crippen LogP contribution is -2.17. The third-order valence-electron chi connectivity index (χ3n) is 2.74. The second-order valence-electron chi connectivity index (χ2n) is 4.49. The summed E-state index contributed by atoms with van der Waals surface area (Å²) >= 11 is 5.05. The van der Waals surface area contributed by atoms with Crippen molar-refractivity contribution in [1.82, 2.24) is 4.98 Å². The van der Waals surface area contributed by atoms with Crippen molar-refractivity contribution in [1.29, 1.82) is 0 Å². The molecule has 104 valence electrons. The minimum absolute atomic E-state index is 0.264. The van der Waals surface area contributed by atoms with Crippen molar-refractivity contribution in [3.05, 3.63) is 23.0 Å². The quantitative estimate of drug-likeness (QED) is 0.518. The van der Waals surface area contributed by atoms with Crippen LogP contribution in [0, 0.1) is 13.8 Å². The summed E-state index contributed by atoms with van der Waals surface area (Å²) in [6, 6.07) is 1.93. The summed E-state index contributed by atoms with van der Waals surface area (Å²) in [5, 5.41) is 3.29. The smallest absolute Gasteiger partial charge is 0.217 e. The van der Waals surface area contributed by atoms with Gasteiger partial charge in [0.05, 0.1) is 5.56 Å². The van der Waals surface area contributed by atoms with Gasteiger partial charge in [0.15, 0.2) is 0 Å². The zero-order valence-electron chi connectivity index (χ0n) is 11.3.